The molecule has 0 aromatic rings. The molecule has 0 saturated carbocycles. The molecule has 0 radical (unpaired) electrons. The molecule has 2 N–H and O–H groups in total. The number of nitrogens with one attached hydrogen (secondary N) is 2. The van der Waals surface area contributed by atoms with E-state index in [1.807, 2.05) is 6.26 Å². The van der Waals surface area contributed by atoms with Gasteiger partial charge in [0.05, 0.1) is 5.25 Å². The Hall–Kier alpha value is 0.220. The van der Waals surface area contributed by atoms with Crippen LogP contribution >= 0.6 is 11.8 Å². The van der Waals surface area contributed by atoms with Crippen molar-refractivity contribution in [1.82, 2.24) is 10.0 Å². The maximum Gasteiger partial charge on any atom is 0.215 e. The summed E-state index contributed by atoms with van der Waals surface area (Å²) in [6.07, 6.45) is 2.90. The second-order valence-corrected chi connectivity index (χ2v) is 7.10. The van der Waals surface area contributed by atoms with Gasteiger partial charge in [-0.05, 0) is 26.6 Å². The van der Waals surface area contributed by atoms with E-state index in [0.717, 1.165) is 6.42 Å². The fraction of sp³-hybridized carbons (Fsp3) is 1.00. The van der Waals surface area contributed by atoms with Gasteiger partial charge < -0.3 is 5.32 Å². The van der Waals surface area contributed by atoms with E-state index in [2.05, 4.69) is 17.0 Å². The zero-order chi connectivity index (χ0) is 11.9. The van der Waals surface area contributed by atoms with Crippen LogP contribution in [0.25, 0.3) is 0 Å². The molecule has 0 spiro atoms. The van der Waals surface area contributed by atoms with E-state index < -0.39 is 10.0 Å². The minimum atomic E-state index is -3.15. The maximum atomic E-state index is 11.6. The average Bonchev–Trinajstić information content (AvgIpc) is 2.17. The van der Waals surface area contributed by atoms with Crippen molar-refractivity contribution in [3.05, 3.63) is 0 Å². The van der Waals surface area contributed by atoms with Gasteiger partial charge in [-0.15, -0.1) is 0 Å². The monoisotopic (exact) mass is 254 g/mol. The van der Waals surface area contributed by atoms with Crippen LogP contribution in [0, 0.1) is 0 Å². The zero-order valence-electron chi connectivity index (χ0n) is 9.91. The van der Waals surface area contributed by atoms with E-state index in [1.54, 1.807) is 25.7 Å². The van der Waals surface area contributed by atoms with Crippen LogP contribution in [0.3, 0.4) is 0 Å². The molecule has 0 amide bonds. The first-order valence-electron chi connectivity index (χ1n) is 5.10. The van der Waals surface area contributed by atoms with Crippen molar-refractivity contribution in [2.45, 2.75) is 30.8 Å². The van der Waals surface area contributed by atoms with E-state index in [0.29, 0.717) is 18.3 Å². The molecule has 92 valence electrons. The van der Waals surface area contributed by atoms with Crippen LogP contribution in [0.2, 0.25) is 0 Å². The van der Waals surface area contributed by atoms with Crippen LogP contribution < -0.4 is 10.0 Å². The topological polar surface area (TPSA) is 58.2 Å². The third-order valence-electron chi connectivity index (χ3n) is 2.28. The number of hydrogen-bond acceptors (Lipinski definition) is 4. The average molecular weight is 254 g/mol. The Bertz CT molecular complexity index is 255. The molecule has 0 aromatic heterocycles. The van der Waals surface area contributed by atoms with E-state index in [4.69, 9.17) is 0 Å². The van der Waals surface area contributed by atoms with Crippen molar-refractivity contribution in [2.24, 2.45) is 0 Å². The van der Waals surface area contributed by atoms with E-state index in [-0.39, 0.29) is 5.25 Å². The number of thioether (sulfide) groups is 1. The van der Waals surface area contributed by atoms with Crippen LogP contribution in [0.4, 0.5) is 0 Å². The SMILES string of the molecule is CNCC(C)S(=O)(=O)NCCC(C)SC. The summed E-state index contributed by atoms with van der Waals surface area (Å²) >= 11 is 1.75. The molecule has 0 saturated heterocycles. The van der Waals surface area contributed by atoms with Crippen LogP contribution in [0.5, 0.6) is 0 Å². The quantitative estimate of drug-likeness (QED) is 0.668. The first kappa shape index (κ1) is 15.2. The molecule has 0 aromatic carbocycles. The number of sulfonamides is 1. The van der Waals surface area contributed by atoms with Gasteiger partial charge in [-0.25, -0.2) is 13.1 Å². The van der Waals surface area contributed by atoms with Crippen molar-refractivity contribution in [3.8, 4) is 0 Å². The van der Waals surface area contributed by atoms with Gasteiger partial charge in [-0.1, -0.05) is 6.92 Å². The highest BCUT2D eigenvalue weighted by atomic mass is 32.2. The van der Waals surface area contributed by atoms with Crippen molar-refractivity contribution in [1.29, 1.82) is 0 Å². The Morgan fingerprint density at radius 2 is 1.93 bits per heavy atom. The number of rotatable bonds is 8. The lowest BCUT2D eigenvalue weighted by molar-refractivity contribution is 0.561. The Morgan fingerprint density at radius 3 is 2.40 bits per heavy atom. The second kappa shape index (κ2) is 7.49. The highest BCUT2D eigenvalue weighted by Gasteiger charge is 2.18. The highest BCUT2D eigenvalue weighted by molar-refractivity contribution is 7.99. The van der Waals surface area contributed by atoms with Gasteiger partial charge in [0, 0.05) is 18.3 Å². The van der Waals surface area contributed by atoms with Crippen molar-refractivity contribution < 1.29 is 8.42 Å². The minimum Gasteiger partial charge on any atom is -0.318 e. The molecule has 0 rings (SSSR count). The minimum absolute atomic E-state index is 0.382. The van der Waals surface area contributed by atoms with Gasteiger partial charge in [0.1, 0.15) is 0 Å². The van der Waals surface area contributed by atoms with Gasteiger partial charge in [0.15, 0.2) is 0 Å². The lowest BCUT2D eigenvalue weighted by atomic mass is 10.3. The van der Waals surface area contributed by atoms with Crippen molar-refractivity contribution in [3.63, 3.8) is 0 Å². The molecular formula is C9H22N2O2S2. The maximum absolute atomic E-state index is 11.6. The summed E-state index contributed by atoms with van der Waals surface area (Å²) in [5.41, 5.74) is 0. The molecule has 2 atom stereocenters. The molecule has 15 heavy (non-hydrogen) atoms. The van der Waals surface area contributed by atoms with E-state index in [9.17, 15) is 8.42 Å². The number of hydrogen-bond donors (Lipinski definition) is 2. The van der Waals surface area contributed by atoms with Gasteiger partial charge >= 0.3 is 0 Å². The van der Waals surface area contributed by atoms with Gasteiger partial charge in [-0.2, -0.15) is 11.8 Å². The molecule has 4 nitrogen and oxygen atoms in total. The standard InChI is InChI=1S/C9H22N2O2S2/c1-8(14-4)5-6-11-15(12,13)9(2)7-10-3/h8-11H,5-7H2,1-4H3. The fourth-order valence-corrected chi connectivity index (χ4v) is 2.49. The first-order valence-corrected chi connectivity index (χ1v) is 7.93. The Labute approximate surface area is 97.6 Å². The summed E-state index contributed by atoms with van der Waals surface area (Å²) in [4.78, 5) is 0. The summed E-state index contributed by atoms with van der Waals surface area (Å²) < 4.78 is 25.9. The first-order chi connectivity index (χ1) is 6.94. The van der Waals surface area contributed by atoms with Gasteiger partial charge in [0.25, 0.3) is 0 Å². The highest BCUT2D eigenvalue weighted by Crippen LogP contribution is 2.08. The van der Waals surface area contributed by atoms with E-state index >= 15 is 0 Å². The van der Waals surface area contributed by atoms with Gasteiger partial charge in [-0.3, -0.25) is 0 Å². The summed E-state index contributed by atoms with van der Waals surface area (Å²) in [6.45, 7) is 4.80. The summed E-state index contributed by atoms with van der Waals surface area (Å²) in [7, 11) is -1.40. The summed E-state index contributed by atoms with van der Waals surface area (Å²) in [5.74, 6) is 0. The fourth-order valence-electron chi connectivity index (χ4n) is 1.06. The molecule has 0 aliphatic heterocycles. The normalized spacial score (nSPS) is 16.3. The van der Waals surface area contributed by atoms with E-state index in [1.165, 1.54) is 0 Å². The largest absolute Gasteiger partial charge is 0.318 e. The van der Waals surface area contributed by atoms with Crippen LogP contribution in [-0.2, 0) is 10.0 Å². The molecule has 2 unspecified atom stereocenters. The molecule has 0 fully saturated rings. The molecule has 0 bridgehead atoms. The predicted octanol–water partition coefficient (Wildman–Crippen LogP) is 0.655. The predicted molar refractivity (Wildman–Crippen MR) is 67.9 cm³/mol. The van der Waals surface area contributed by atoms with Crippen molar-refractivity contribution in [2.75, 3.05) is 26.4 Å². The molecule has 0 heterocycles. The molecule has 0 aliphatic carbocycles. The molecule has 6 heteroatoms. The second-order valence-electron chi connectivity index (χ2n) is 3.64. The lowest BCUT2D eigenvalue weighted by Gasteiger charge is -2.14. The summed E-state index contributed by atoms with van der Waals surface area (Å²) in [6, 6.07) is 0. The van der Waals surface area contributed by atoms with Gasteiger partial charge in [0.2, 0.25) is 10.0 Å². The lowest BCUT2D eigenvalue weighted by Crippen LogP contribution is -2.38. The third kappa shape index (κ3) is 6.40. The summed E-state index contributed by atoms with van der Waals surface area (Å²) in [5, 5.41) is 2.97. The van der Waals surface area contributed by atoms with Crippen LogP contribution in [0.1, 0.15) is 20.3 Å². The van der Waals surface area contributed by atoms with Crippen LogP contribution in [0.15, 0.2) is 0 Å². The van der Waals surface area contributed by atoms with Crippen LogP contribution in [-0.4, -0.2) is 45.3 Å². The third-order valence-corrected chi connectivity index (χ3v) is 5.15. The Balaban J connectivity index is 3.94. The van der Waals surface area contributed by atoms with Crippen molar-refractivity contribution >= 4 is 21.8 Å². The molecule has 0 aliphatic rings. The zero-order valence-corrected chi connectivity index (χ0v) is 11.5. The molecular weight excluding hydrogens is 232 g/mol. The Morgan fingerprint density at radius 1 is 1.33 bits per heavy atom. The smallest absolute Gasteiger partial charge is 0.215 e. The Kier molecular flexibility index (Phi) is 7.60.